The average molecular weight is 270 g/mol. The highest BCUT2D eigenvalue weighted by atomic mass is 16.4. The molecule has 100 valence electrons. The van der Waals surface area contributed by atoms with Crippen molar-refractivity contribution >= 4 is 11.0 Å². The van der Waals surface area contributed by atoms with E-state index in [4.69, 9.17) is 4.42 Å². The van der Waals surface area contributed by atoms with Gasteiger partial charge in [0.2, 0.25) is 0 Å². The molecule has 0 aliphatic heterocycles. The molecule has 1 heterocycles. The summed E-state index contributed by atoms with van der Waals surface area (Å²) < 4.78 is 5.55. The predicted octanol–water partition coefficient (Wildman–Crippen LogP) is 2.83. The smallest absolute Gasteiger partial charge is 0.180 e. The molecule has 1 aliphatic carbocycles. The Labute approximate surface area is 113 Å². The van der Waals surface area contributed by atoms with E-state index in [9.17, 15) is 20.4 Å². The number of furan rings is 1. The Morgan fingerprint density at radius 2 is 1.75 bits per heavy atom. The van der Waals surface area contributed by atoms with E-state index in [-0.39, 0.29) is 39.7 Å². The first kappa shape index (κ1) is 11.0. The van der Waals surface area contributed by atoms with Crippen LogP contribution < -0.4 is 0 Å². The summed E-state index contributed by atoms with van der Waals surface area (Å²) in [5.74, 6) is -0.416. The SMILES string of the molecule is Oc1ccc(-c2oc3cc4c(c(O)c3c2O)C4)c(O)c1. The van der Waals surface area contributed by atoms with Gasteiger partial charge in [0.1, 0.15) is 28.2 Å². The van der Waals surface area contributed by atoms with Gasteiger partial charge >= 0.3 is 0 Å². The molecule has 5 nitrogen and oxygen atoms in total. The van der Waals surface area contributed by atoms with Gasteiger partial charge < -0.3 is 24.8 Å². The first-order valence-electron chi connectivity index (χ1n) is 6.08. The van der Waals surface area contributed by atoms with Crippen LogP contribution >= 0.6 is 0 Å². The van der Waals surface area contributed by atoms with Gasteiger partial charge in [-0.1, -0.05) is 0 Å². The first-order chi connectivity index (χ1) is 9.56. The summed E-state index contributed by atoms with van der Waals surface area (Å²) in [5, 5.41) is 39.7. The lowest BCUT2D eigenvalue weighted by Gasteiger charge is -2.02. The molecule has 4 N–H and O–H groups in total. The van der Waals surface area contributed by atoms with Crippen molar-refractivity contribution in [1.29, 1.82) is 0 Å². The summed E-state index contributed by atoms with van der Waals surface area (Å²) in [6.07, 6.45) is 0.704. The number of rotatable bonds is 1. The number of hydrogen-bond donors (Lipinski definition) is 4. The Morgan fingerprint density at radius 3 is 2.50 bits per heavy atom. The molecule has 0 saturated carbocycles. The molecule has 0 unspecified atom stereocenters. The minimum Gasteiger partial charge on any atom is -0.508 e. The molecule has 3 aromatic rings. The van der Waals surface area contributed by atoms with Crippen molar-refractivity contribution in [2.24, 2.45) is 0 Å². The summed E-state index contributed by atoms with van der Waals surface area (Å²) in [5.41, 5.74) is 2.43. The highest BCUT2D eigenvalue weighted by Crippen LogP contribution is 2.51. The van der Waals surface area contributed by atoms with E-state index in [1.165, 1.54) is 12.1 Å². The molecule has 5 heteroatoms. The lowest BCUT2D eigenvalue weighted by molar-refractivity contribution is 0.445. The Balaban J connectivity index is 2.02. The maximum absolute atomic E-state index is 10.2. The van der Waals surface area contributed by atoms with Crippen LogP contribution in [-0.4, -0.2) is 20.4 Å². The fourth-order valence-corrected chi connectivity index (χ4v) is 2.49. The van der Waals surface area contributed by atoms with Gasteiger partial charge in [-0.3, -0.25) is 0 Å². The van der Waals surface area contributed by atoms with Gasteiger partial charge in [-0.25, -0.2) is 0 Å². The summed E-state index contributed by atoms with van der Waals surface area (Å²) >= 11 is 0. The molecule has 1 aliphatic rings. The number of phenolic OH excluding ortho intramolecular Hbond substituents is 3. The Bertz CT molecular complexity index is 876. The third-order valence-corrected chi connectivity index (χ3v) is 3.59. The lowest BCUT2D eigenvalue weighted by atomic mass is 10.1. The molecule has 2 aromatic carbocycles. The molecule has 20 heavy (non-hydrogen) atoms. The van der Waals surface area contributed by atoms with Crippen molar-refractivity contribution in [2.75, 3.05) is 0 Å². The number of phenols is 3. The van der Waals surface area contributed by atoms with E-state index in [1.807, 2.05) is 0 Å². The summed E-state index contributed by atoms with van der Waals surface area (Å²) in [4.78, 5) is 0. The van der Waals surface area contributed by atoms with Gasteiger partial charge in [0, 0.05) is 18.1 Å². The lowest BCUT2D eigenvalue weighted by Crippen LogP contribution is -1.76. The van der Waals surface area contributed by atoms with Crippen LogP contribution in [-0.2, 0) is 6.42 Å². The van der Waals surface area contributed by atoms with E-state index < -0.39 is 0 Å². The number of fused-ring (bicyclic) bond motifs is 2. The maximum atomic E-state index is 10.2. The number of benzene rings is 2. The molecule has 0 saturated heterocycles. The zero-order valence-electron chi connectivity index (χ0n) is 10.2. The fourth-order valence-electron chi connectivity index (χ4n) is 2.49. The minimum atomic E-state index is -0.215. The van der Waals surface area contributed by atoms with Crippen LogP contribution in [0.15, 0.2) is 28.7 Å². The first-order valence-corrected chi connectivity index (χ1v) is 6.08. The molecule has 0 fully saturated rings. The van der Waals surface area contributed by atoms with E-state index in [0.29, 0.717) is 12.0 Å². The van der Waals surface area contributed by atoms with Crippen LogP contribution in [0.4, 0.5) is 0 Å². The third-order valence-electron chi connectivity index (χ3n) is 3.59. The highest BCUT2D eigenvalue weighted by Gasteiger charge is 2.29. The van der Waals surface area contributed by atoms with E-state index in [0.717, 1.165) is 17.2 Å². The molecular formula is C15H10O5. The molecule has 0 amide bonds. The Morgan fingerprint density at radius 1 is 0.950 bits per heavy atom. The zero-order chi connectivity index (χ0) is 14.0. The van der Waals surface area contributed by atoms with Crippen LogP contribution in [0.5, 0.6) is 23.0 Å². The van der Waals surface area contributed by atoms with Gasteiger partial charge in [0.25, 0.3) is 0 Å². The Kier molecular flexibility index (Phi) is 1.87. The topological polar surface area (TPSA) is 94.1 Å². The van der Waals surface area contributed by atoms with Crippen LogP contribution in [0.2, 0.25) is 0 Å². The molecule has 4 rings (SSSR count). The normalized spacial score (nSPS) is 12.6. The zero-order valence-corrected chi connectivity index (χ0v) is 10.2. The van der Waals surface area contributed by atoms with Crippen LogP contribution in [0.3, 0.4) is 0 Å². The highest BCUT2D eigenvalue weighted by molar-refractivity contribution is 5.99. The van der Waals surface area contributed by atoms with Crippen molar-refractivity contribution in [2.45, 2.75) is 6.42 Å². The molecule has 0 radical (unpaired) electrons. The number of aromatic hydroxyl groups is 4. The van der Waals surface area contributed by atoms with Crippen LogP contribution in [0.25, 0.3) is 22.3 Å². The van der Waals surface area contributed by atoms with Gasteiger partial charge in [0.15, 0.2) is 11.5 Å². The largest absolute Gasteiger partial charge is 0.508 e. The molecule has 1 aromatic heterocycles. The summed E-state index contributed by atoms with van der Waals surface area (Å²) in [7, 11) is 0. The summed E-state index contributed by atoms with van der Waals surface area (Å²) in [6, 6.07) is 5.74. The second kappa shape index (κ2) is 3.39. The van der Waals surface area contributed by atoms with Crippen molar-refractivity contribution < 1.29 is 24.8 Å². The van der Waals surface area contributed by atoms with Gasteiger partial charge in [-0.05, 0) is 23.8 Å². The predicted molar refractivity (Wildman–Crippen MR) is 71.1 cm³/mol. The second-order valence-corrected chi connectivity index (χ2v) is 4.89. The monoisotopic (exact) mass is 270 g/mol. The van der Waals surface area contributed by atoms with Crippen molar-refractivity contribution in [3.63, 3.8) is 0 Å². The van der Waals surface area contributed by atoms with Crippen LogP contribution in [0.1, 0.15) is 11.1 Å². The van der Waals surface area contributed by atoms with Crippen molar-refractivity contribution in [1.82, 2.24) is 0 Å². The summed E-state index contributed by atoms with van der Waals surface area (Å²) in [6.45, 7) is 0. The molecular weight excluding hydrogens is 260 g/mol. The van der Waals surface area contributed by atoms with Gasteiger partial charge in [-0.15, -0.1) is 0 Å². The van der Waals surface area contributed by atoms with E-state index in [1.54, 1.807) is 6.07 Å². The minimum absolute atomic E-state index is 0.0308. The average Bonchev–Trinajstić information content (AvgIpc) is 3.09. The van der Waals surface area contributed by atoms with Gasteiger partial charge in [0.05, 0.1) is 5.56 Å². The van der Waals surface area contributed by atoms with E-state index in [2.05, 4.69) is 0 Å². The molecule has 0 spiro atoms. The quantitative estimate of drug-likeness (QED) is 0.426. The van der Waals surface area contributed by atoms with Crippen molar-refractivity contribution in [3.05, 3.63) is 35.4 Å². The third kappa shape index (κ3) is 1.31. The van der Waals surface area contributed by atoms with Crippen molar-refractivity contribution in [3.8, 4) is 34.3 Å². The number of hydrogen-bond acceptors (Lipinski definition) is 5. The molecule has 0 atom stereocenters. The maximum Gasteiger partial charge on any atom is 0.180 e. The fraction of sp³-hybridized carbons (Fsp3) is 0.0667. The molecule has 0 bridgehead atoms. The van der Waals surface area contributed by atoms with Crippen LogP contribution in [0, 0.1) is 0 Å². The second-order valence-electron chi connectivity index (χ2n) is 4.89. The van der Waals surface area contributed by atoms with E-state index >= 15 is 0 Å². The standard InChI is InChI=1S/C15H10O5/c16-7-1-2-8(10(17)5-7)15-14(19)12-11(20-15)4-6-3-9(6)13(12)18/h1-2,4-5,16-19H,3H2. The van der Waals surface area contributed by atoms with Gasteiger partial charge in [-0.2, -0.15) is 0 Å². The Hall–Kier alpha value is -2.82.